The molecular formula is C23H16ClF3N4O4. The molecule has 12 heteroatoms. The van der Waals surface area contributed by atoms with Gasteiger partial charge in [-0.2, -0.15) is 18.2 Å². The number of nitrogens with zero attached hydrogens (tertiary/aromatic N) is 2. The quantitative estimate of drug-likeness (QED) is 0.227. The van der Waals surface area contributed by atoms with E-state index < -0.39 is 34.6 Å². The number of hydroxylamine groups is 1. The van der Waals surface area contributed by atoms with Gasteiger partial charge in [-0.15, -0.1) is 0 Å². The third kappa shape index (κ3) is 5.15. The second-order valence-corrected chi connectivity index (χ2v) is 7.69. The Labute approximate surface area is 200 Å². The Morgan fingerprint density at radius 2 is 1.74 bits per heavy atom. The van der Waals surface area contributed by atoms with Gasteiger partial charge in [0.05, 0.1) is 21.8 Å². The molecule has 0 aliphatic heterocycles. The predicted molar refractivity (Wildman–Crippen MR) is 123 cm³/mol. The number of hydrogen-bond donors (Lipinski definition) is 3. The number of urea groups is 1. The number of benzene rings is 3. The van der Waals surface area contributed by atoms with Gasteiger partial charge < -0.3 is 20.4 Å². The number of ether oxygens (including phenoxy) is 1. The lowest BCUT2D eigenvalue weighted by Gasteiger charge is -2.18. The zero-order valence-corrected chi connectivity index (χ0v) is 18.3. The number of rotatable bonds is 4. The molecule has 0 aliphatic rings. The first kappa shape index (κ1) is 23.9. The second kappa shape index (κ2) is 9.20. The monoisotopic (exact) mass is 504 g/mol. The fourth-order valence-corrected chi connectivity index (χ4v) is 3.61. The van der Waals surface area contributed by atoms with Crippen molar-refractivity contribution in [1.82, 2.24) is 4.57 Å². The molecule has 0 bridgehead atoms. The third-order valence-electron chi connectivity index (χ3n) is 4.97. The third-order valence-corrected chi connectivity index (χ3v) is 5.30. The zero-order valence-electron chi connectivity index (χ0n) is 17.6. The molecule has 0 aliphatic carbocycles. The second-order valence-electron chi connectivity index (χ2n) is 7.28. The molecule has 0 saturated carbocycles. The number of nitrogens with two attached hydrogens (primary N) is 1. The lowest BCUT2D eigenvalue weighted by molar-refractivity contribution is -0.137. The number of hydrogen-bond acceptors (Lipinski definition) is 4. The van der Waals surface area contributed by atoms with Crippen LogP contribution < -0.4 is 20.9 Å². The standard InChI is InChI=1S/C23H16ClF3N4O4/c24-19-7-5-16(12-18(19)23(25,26)27)31(34)22(33)29-14-1-3-15(4-2-14)30-10-9-13-11-17(35-21(28)32)6-8-20(13)30/h1-12,34H,(H2,28,32)(H,29,33). The van der Waals surface area contributed by atoms with E-state index in [0.717, 1.165) is 28.7 Å². The summed E-state index contributed by atoms with van der Waals surface area (Å²) in [5.74, 6) is 0.303. The number of anilines is 2. The van der Waals surface area contributed by atoms with E-state index in [4.69, 9.17) is 22.1 Å². The summed E-state index contributed by atoms with van der Waals surface area (Å²) in [6.07, 6.45) is -3.88. The molecule has 4 aromatic rings. The first-order chi connectivity index (χ1) is 16.5. The van der Waals surface area contributed by atoms with Crippen LogP contribution in [0.5, 0.6) is 5.75 Å². The van der Waals surface area contributed by atoms with E-state index in [9.17, 15) is 28.0 Å². The average Bonchev–Trinajstić information content (AvgIpc) is 3.21. The van der Waals surface area contributed by atoms with Gasteiger partial charge in [-0.3, -0.25) is 5.21 Å². The molecule has 8 nitrogen and oxygen atoms in total. The Hall–Kier alpha value is -4.22. The first-order valence-electron chi connectivity index (χ1n) is 9.88. The number of primary amides is 1. The molecule has 3 amide bonds. The number of nitrogens with one attached hydrogen (secondary N) is 1. The van der Waals surface area contributed by atoms with E-state index in [1.807, 2.05) is 10.6 Å². The van der Waals surface area contributed by atoms with Gasteiger partial charge in [0.15, 0.2) is 0 Å². The predicted octanol–water partition coefficient (Wildman–Crippen LogP) is 6.19. The van der Waals surface area contributed by atoms with Crippen molar-refractivity contribution >= 4 is 46.0 Å². The van der Waals surface area contributed by atoms with E-state index in [-0.39, 0.29) is 10.8 Å². The molecular weight excluding hydrogens is 489 g/mol. The average molecular weight is 505 g/mol. The van der Waals surface area contributed by atoms with Crippen molar-refractivity contribution in [3.63, 3.8) is 0 Å². The molecule has 1 aromatic heterocycles. The molecule has 0 unspecified atom stereocenters. The van der Waals surface area contributed by atoms with Crippen molar-refractivity contribution in [3.05, 3.63) is 83.5 Å². The number of fused-ring (bicyclic) bond motifs is 1. The molecule has 4 rings (SSSR count). The fraction of sp³-hybridized carbons (Fsp3) is 0.0435. The number of carbonyl (C=O) groups excluding carboxylic acids is 2. The maximum Gasteiger partial charge on any atom is 0.417 e. The van der Waals surface area contributed by atoms with Gasteiger partial charge in [-0.25, -0.2) is 9.59 Å². The summed E-state index contributed by atoms with van der Waals surface area (Å²) in [5.41, 5.74) is 5.27. The smallest absolute Gasteiger partial charge is 0.410 e. The number of carbonyl (C=O) groups is 2. The minimum Gasteiger partial charge on any atom is -0.410 e. The molecule has 4 N–H and O–H groups in total. The summed E-state index contributed by atoms with van der Waals surface area (Å²) in [4.78, 5) is 23.3. The Morgan fingerprint density at radius 3 is 2.40 bits per heavy atom. The van der Waals surface area contributed by atoms with Crippen molar-refractivity contribution < 1.29 is 32.7 Å². The van der Waals surface area contributed by atoms with E-state index in [1.165, 1.54) is 0 Å². The Kier molecular flexibility index (Phi) is 6.29. The van der Waals surface area contributed by atoms with Crippen LogP contribution in [0.1, 0.15) is 5.56 Å². The SMILES string of the molecule is NC(=O)Oc1ccc2c(ccn2-c2ccc(NC(=O)N(O)c3ccc(Cl)c(C(F)(F)F)c3)cc2)c1. The number of amides is 3. The minimum absolute atomic E-state index is 0.0602. The molecule has 35 heavy (non-hydrogen) atoms. The zero-order chi connectivity index (χ0) is 25.3. The van der Waals surface area contributed by atoms with E-state index >= 15 is 0 Å². The molecule has 0 saturated heterocycles. The highest BCUT2D eigenvalue weighted by molar-refractivity contribution is 6.31. The van der Waals surface area contributed by atoms with Gasteiger partial charge in [-0.1, -0.05) is 11.6 Å². The molecule has 1 heterocycles. The molecule has 180 valence electrons. The van der Waals surface area contributed by atoms with Crippen LogP contribution in [0.2, 0.25) is 5.02 Å². The normalized spacial score (nSPS) is 11.3. The van der Waals surface area contributed by atoms with Crippen LogP contribution in [0.15, 0.2) is 72.9 Å². The van der Waals surface area contributed by atoms with Crippen molar-refractivity contribution in [2.75, 3.05) is 10.4 Å². The van der Waals surface area contributed by atoms with Crippen LogP contribution in [0.4, 0.5) is 34.1 Å². The number of aromatic nitrogens is 1. The Bertz CT molecular complexity index is 1420. The van der Waals surface area contributed by atoms with Gasteiger partial charge in [0.2, 0.25) is 0 Å². The van der Waals surface area contributed by atoms with Gasteiger partial charge in [0.25, 0.3) is 0 Å². The fourth-order valence-electron chi connectivity index (χ4n) is 3.39. The van der Waals surface area contributed by atoms with Gasteiger partial charge in [0, 0.05) is 23.0 Å². The molecule has 0 radical (unpaired) electrons. The maximum atomic E-state index is 13.0. The summed E-state index contributed by atoms with van der Waals surface area (Å²) in [6.45, 7) is 0. The van der Waals surface area contributed by atoms with Crippen molar-refractivity contribution in [3.8, 4) is 11.4 Å². The summed E-state index contributed by atoms with van der Waals surface area (Å²) >= 11 is 5.57. The Balaban J connectivity index is 1.50. The summed E-state index contributed by atoms with van der Waals surface area (Å²) in [5, 5.41) is 12.8. The number of alkyl halides is 3. The molecule has 0 atom stereocenters. The van der Waals surface area contributed by atoms with E-state index in [0.29, 0.717) is 11.8 Å². The van der Waals surface area contributed by atoms with Crippen LogP contribution in [0, 0.1) is 0 Å². The summed E-state index contributed by atoms with van der Waals surface area (Å²) in [6, 6.07) is 14.8. The minimum atomic E-state index is -4.75. The van der Waals surface area contributed by atoms with Crippen molar-refractivity contribution in [2.45, 2.75) is 6.18 Å². The largest absolute Gasteiger partial charge is 0.417 e. The molecule has 0 fully saturated rings. The van der Waals surface area contributed by atoms with Crippen LogP contribution in [-0.2, 0) is 6.18 Å². The molecule has 3 aromatic carbocycles. The van der Waals surface area contributed by atoms with Crippen LogP contribution >= 0.6 is 11.6 Å². The van der Waals surface area contributed by atoms with Gasteiger partial charge in [0.1, 0.15) is 5.75 Å². The lowest BCUT2D eigenvalue weighted by atomic mass is 10.2. The summed E-state index contributed by atoms with van der Waals surface area (Å²) < 4.78 is 45.9. The topological polar surface area (TPSA) is 110 Å². The highest BCUT2D eigenvalue weighted by Gasteiger charge is 2.34. The van der Waals surface area contributed by atoms with Crippen LogP contribution in [-0.4, -0.2) is 21.9 Å². The van der Waals surface area contributed by atoms with Crippen LogP contribution in [0.3, 0.4) is 0 Å². The lowest BCUT2D eigenvalue weighted by Crippen LogP contribution is -2.32. The maximum absolute atomic E-state index is 13.0. The molecule has 0 spiro atoms. The van der Waals surface area contributed by atoms with Gasteiger partial charge >= 0.3 is 18.3 Å². The van der Waals surface area contributed by atoms with Crippen molar-refractivity contribution in [1.29, 1.82) is 0 Å². The first-order valence-corrected chi connectivity index (χ1v) is 10.3. The van der Waals surface area contributed by atoms with Gasteiger partial charge in [-0.05, 0) is 66.7 Å². The van der Waals surface area contributed by atoms with E-state index in [1.54, 1.807) is 48.7 Å². The highest BCUT2D eigenvalue weighted by Crippen LogP contribution is 2.37. The van der Waals surface area contributed by atoms with E-state index in [2.05, 4.69) is 5.32 Å². The van der Waals surface area contributed by atoms with Crippen molar-refractivity contribution in [2.24, 2.45) is 5.73 Å². The Morgan fingerprint density at radius 1 is 1.03 bits per heavy atom. The summed E-state index contributed by atoms with van der Waals surface area (Å²) in [7, 11) is 0. The number of halogens is 4. The van der Waals surface area contributed by atoms with Crippen LogP contribution in [0.25, 0.3) is 16.6 Å². The highest BCUT2D eigenvalue weighted by atomic mass is 35.5.